The monoisotopic (exact) mass is 543 g/mol. The van der Waals surface area contributed by atoms with E-state index < -0.39 is 5.97 Å². The smallest absolute Gasteiger partial charge is 0.372 e. The van der Waals surface area contributed by atoms with Crippen LogP contribution in [0.3, 0.4) is 0 Å². The van der Waals surface area contributed by atoms with Crippen molar-refractivity contribution >= 4 is 40.5 Å². The number of carboxylic acids is 1. The third-order valence-corrected chi connectivity index (χ3v) is 8.27. The first-order valence-corrected chi connectivity index (χ1v) is 14.0. The van der Waals surface area contributed by atoms with E-state index in [1.165, 1.54) is 16.8 Å². The number of aromatic carboxylic acids is 1. The number of piperazine rings is 1. The first-order valence-electron chi connectivity index (χ1n) is 13.2. The fraction of sp³-hybridized carbons (Fsp3) is 0.290. The number of amides is 1. The highest BCUT2D eigenvalue weighted by atomic mass is 32.2. The summed E-state index contributed by atoms with van der Waals surface area (Å²) >= 11 is 1.68. The average Bonchev–Trinajstić information content (AvgIpc) is 3.28. The van der Waals surface area contributed by atoms with Gasteiger partial charge in [-0.2, -0.15) is 0 Å². The Bertz CT molecular complexity index is 1460. The summed E-state index contributed by atoms with van der Waals surface area (Å²) in [7, 11) is 0. The third kappa shape index (κ3) is 6.29. The number of para-hydroxylation sites is 1. The summed E-state index contributed by atoms with van der Waals surface area (Å²) < 4.78 is 7.94. The summed E-state index contributed by atoms with van der Waals surface area (Å²) in [5, 5.41) is 10.3. The van der Waals surface area contributed by atoms with Crippen LogP contribution in [0.4, 0.5) is 5.69 Å². The standard InChI is InChI=1S/C31H33N3O4S/c1-22-27-20-26(12-13-29(27)38-30(22)31(36)37)39-34(15-14-24-8-4-3-5-9-24)21-25-10-6-7-11-28(25)33-18-16-32(17-19-33)23(2)35/h3-13,20H,14-19,21H2,1-2H3,(H,36,37). The second-order valence-electron chi connectivity index (χ2n) is 9.83. The van der Waals surface area contributed by atoms with Gasteiger partial charge in [0.15, 0.2) is 0 Å². The van der Waals surface area contributed by atoms with Crippen molar-refractivity contribution in [2.75, 3.05) is 37.6 Å². The number of carboxylic acid groups (broad SMARTS) is 1. The normalized spacial score (nSPS) is 13.8. The van der Waals surface area contributed by atoms with Gasteiger partial charge in [0.2, 0.25) is 11.7 Å². The van der Waals surface area contributed by atoms with Gasteiger partial charge in [-0.05, 0) is 60.7 Å². The van der Waals surface area contributed by atoms with Crippen molar-refractivity contribution in [2.45, 2.75) is 31.7 Å². The third-order valence-electron chi connectivity index (χ3n) is 7.23. The Balaban J connectivity index is 1.39. The van der Waals surface area contributed by atoms with Gasteiger partial charge in [-0.25, -0.2) is 9.10 Å². The molecule has 0 atom stereocenters. The minimum absolute atomic E-state index is 0.00752. The Morgan fingerprint density at radius 1 is 0.974 bits per heavy atom. The van der Waals surface area contributed by atoms with Crippen LogP contribution in [0.1, 0.15) is 34.2 Å². The highest BCUT2D eigenvalue weighted by molar-refractivity contribution is 7.97. The molecular formula is C31H33N3O4S. The molecular weight excluding hydrogens is 510 g/mol. The summed E-state index contributed by atoms with van der Waals surface area (Å²) in [5.74, 6) is -0.929. The zero-order valence-corrected chi connectivity index (χ0v) is 23.1. The Hall–Kier alpha value is -3.75. The van der Waals surface area contributed by atoms with Crippen LogP contribution >= 0.6 is 11.9 Å². The molecule has 0 saturated carbocycles. The van der Waals surface area contributed by atoms with E-state index >= 15 is 0 Å². The molecule has 1 amide bonds. The SMILES string of the molecule is CC(=O)N1CCN(c2ccccc2CN(CCc2ccccc2)Sc2ccc3oc(C(=O)O)c(C)c3c2)CC1. The molecule has 0 aliphatic carbocycles. The summed E-state index contributed by atoms with van der Waals surface area (Å²) in [4.78, 5) is 28.7. The van der Waals surface area contributed by atoms with E-state index in [4.69, 9.17) is 4.42 Å². The molecule has 1 aliphatic heterocycles. The summed E-state index contributed by atoms with van der Waals surface area (Å²) in [6.45, 7) is 8.10. The number of furan rings is 1. The molecule has 0 radical (unpaired) electrons. The summed E-state index contributed by atoms with van der Waals surface area (Å²) in [6.07, 6.45) is 0.906. The highest BCUT2D eigenvalue weighted by Crippen LogP contribution is 2.33. The molecule has 3 aromatic carbocycles. The van der Waals surface area contributed by atoms with Crippen molar-refractivity contribution in [3.8, 4) is 0 Å². The van der Waals surface area contributed by atoms with Crippen LogP contribution in [0.5, 0.6) is 0 Å². The van der Waals surface area contributed by atoms with Gasteiger partial charge in [0, 0.05) is 67.7 Å². The number of hydrogen-bond acceptors (Lipinski definition) is 6. The fourth-order valence-corrected chi connectivity index (χ4v) is 6.05. The number of anilines is 1. The van der Waals surface area contributed by atoms with Crippen molar-refractivity contribution in [2.24, 2.45) is 0 Å². The van der Waals surface area contributed by atoms with Crippen LogP contribution in [-0.2, 0) is 17.8 Å². The predicted molar refractivity (Wildman–Crippen MR) is 155 cm³/mol. The number of nitrogens with zero attached hydrogens (tertiary/aromatic N) is 3. The lowest BCUT2D eigenvalue weighted by Gasteiger charge is -2.37. The van der Waals surface area contributed by atoms with E-state index in [1.807, 2.05) is 29.2 Å². The van der Waals surface area contributed by atoms with Crippen LogP contribution in [0.2, 0.25) is 0 Å². The number of carbonyl (C=O) groups excluding carboxylic acids is 1. The van der Waals surface area contributed by atoms with Crippen molar-refractivity contribution < 1.29 is 19.1 Å². The zero-order valence-electron chi connectivity index (χ0n) is 22.3. The number of rotatable bonds is 9. The lowest BCUT2D eigenvalue weighted by molar-refractivity contribution is -0.129. The maximum atomic E-state index is 11.8. The van der Waals surface area contributed by atoms with Gasteiger partial charge in [-0.1, -0.05) is 48.5 Å². The highest BCUT2D eigenvalue weighted by Gasteiger charge is 2.22. The first-order chi connectivity index (χ1) is 18.9. The van der Waals surface area contributed by atoms with Crippen LogP contribution < -0.4 is 4.90 Å². The van der Waals surface area contributed by atoms with Crippen LogP contribution in [0.15, 0.2) is 82.1 Å². The van der Waals surface area contributed by atoms with Gasteiger partial charge in [0.05, 0.1) is 0 Å². The lowest BCUT2D eigenvalue weighted by Crippen LogP contribution is -2.48. The second-order valence-corrected chi connectivity index (χ2v) is 11.0. The number of carbonyl (C=O) groups is 2. The molecule has 202 valence electrons. The van der Waals surface area contributed by atoms with Gasteiger partial charge < -0.3 is 19.3 Å². The maximum absolute atomic E-state index is 11.8. The molecule has 7 nitrogen and oxygen atoms in total. The Kier molecular flexibility index (Phi) is 8.24. The maximum Gasteiger partial charge on any atom is 0.372 e. The molecule has 39 heavy (non-hydrogen) atoms. The molecule has 1 aliphatic rings. The molecule has 5 rings (SSSR count). The zero-order chi connectivity index (χ0) is 27.4. The topological polar surface area (TPSA) is 77.2 Å². The number of benzene rings is 3. The number of aryl methyl sites for hydroxylation is 1. The fourth-order valence-electron chi connectivity index (χ4n) is 5.07. The van der Waals surface area contributed by atoms with Crippen LogP contribution in [0, 0.1) is 6.92 Å². The van der Waals surface area contributed by atoms with E-state index in [1.54, 1.807) is 25.8 Å². The van der Waals surface area contributed by atoms with Crippen molar-refractivity contribution in [3.05, 3.63) is 95.2 Å². The van der Waals surface area contributed by atoms with E-state index in [9.17, 15) is 14.7 Å². The molecule has 8 heteroatoms. The molecule has 1 aromatic heterocycles. The minimum Gasteiger partial charge on any atom is -0.475 e. The van der Waals surface area contributed by atoms with Gasteiger partial charge in [-0.3, -0.25) is 4.79 Å². The molecule has 0 spiro atoms. The van der Waals surface area contributed by atoms with Crippen molar-refractivity contribution in [3.63, 3.8) is 0 Å². The van der Waals surface area contributed by atoms with Crippen molar-refractivity contribution in [1.29, 1.82) is 0 Å². The Labute approximate surface area is 233 Å². The minimum atomic E-state index is -1.05. The van der Waals surface area contributed by atoms with Gasteiger partial charge in [-0.15, -0.1) is 0 Å². The van der Waals surface area contributed by atoms with Gasteiger partial charge in [0.1, 0.15) is 5.58 Å². The first kappa shape index (κ1) is 26.8. The van der Waals surface area contributed by atoms with E-state index in [-0.39, 0.29) is 11.7 Å². The van der Waals surface area contributed by atoms with Gasteiger partial charge in [0.25, 0.3) is 0 Å². The quantitative estimate of drug-likeness (QED) is 0.265. The number of hydrogen-bond donors (Lipinski definition) is 1. The average molecular weight is 544 g/mol. The lowest BCUT2D eigenvalue weighted by atomic mass is 10.1. The van der Waals surface area contributed by atoms with Gasteiger partial charge >= 0.3 is 5.97 Å². The molecule has 0 unspecified atom stereocenters. The molecule has 2 heterocycles. The molecule has 1 saturated heterocycles. The van der Waals surface area contributed by atoms with Crippen LogP contribution in [-0.4, -0.2) is 58.9 Å². The molecule has 4 aromatic rings. The van der Waals surface area contributed by atoms with E-state index in [2.05, 4.69) is 57.7 Å². The van der Waals surface area contributed by atoms with E-state index in [0.29, 0.717) is 11.1 Å². The second kappa shape index (κ2) is 12.0. The summed E-state index contributed by atoms with van der Waals surface area (Å²) in [5.41, 5.74) is 4.95. The Morgan fingerprint density at radius 2 is 1.69 bits per heavy atom. The molecule has 0 bridgehead atoms. The largest absolute Gasteiger partial charge is 0.475 e. The predicted octanol–water partition coefficient (Wildman–Crippen LogP) is 5.86. The summed E-state index contributed by atoms with van der Waals surface area (Å²) in [6, 6.07) is 24.9. The van der Waals surface area contributed by atoms with E-state index in [0.717, 1.165) is 56.0 Å². The van der Waals surface area contributed by atoms with Crippen LogP contribution in [0.25, 0.3) is 11.0 Å². The number of fused-ring (bicyclic) bond motifs is 1. The molecule has 1 N–H and O–H groups in total. The Morgan fingerprint density at radius 3 is 2.41 bits per heavy atom. The van der Waals surface area contributed by atoms with Crippen molar-refractivity contribution in [1.82, 2.24) is 9.21 Å². The molecule has 1 fully saturated rings.